The first-order valence-corrected chi connectivity index (χ1v) is 12.3. The summed E-state index contributed by atoms with van der Waals surface area (Å²) >= 11 is 0. The van der Waals surface area contributed by atoms with Gasteiger partial charge in [-0.05, 0) is 54.8 Å². The van der Waals surface area contributed by atoms with Crippen LogP contribution in [0.2, 0.25) is 0 Å². The minimum atomic E-state index is -3.33. The van der Waals surface area contributed by atoms with Crippen LogP contribution in [0.5, 0.6) is 11.5 Å². The fraction of sp³-hybridized carbons (Fsp3) is 0.435. The second-order valence-electron chi connectivity index (χ2n) is 7.27. The van der Waals surface area contributed by atoms with Crippen molar-refractivity contribution in [2.45, 2.75) is 39.2 Å². The lowest BCUT2D eigenvalue weighted by molar-refractivity contribution is -0.128. The zero-order valence-electron chi connectivity index (χ0n) is 18.6. The van der Waals surface area contributed by atoms with E-state index in [1.807, 2.05) is 19.1 Å². The van der Waals surface area contributed by atoms with Crippen molar-refractivity contribution in [1.82, 2.24) is 5.32 Å². The van der Waals surface area contributed by atoms with Gasteiger partial charge in [-0.15, -0.1) is 0 Å². The van der Waals surface area contributed by atoms with E-state index in [2.05, 4.69) is 24.4 Å². The molecule has 0 unspecified atom stereocenters. The Morgan fingerprint density at radius 2 is 1.65 bits per heavy atom. The highest BCUT2D eigenvalue weighted by molar-refractivity contribution is 7.92. The maximum Gasteiger partial charge on any atom is 0.261 e. The van der Waals surface area contributed by atoms with Crippen LogP contribution in [-0.2, 0) is 21.2 Å². The van der Waals surface area contributed by atoms with E-state index in [4.69, 9.17) is 9.47 Å². The highest BCUT2D eigenvalue weighted by atomic mass is 32.2. The van der Waals surface area contributed by atoms with Crippen LogP contribution >= 0.6 is 0 Å². The zero-order chi connectivity index (χ0) is 22.9. The van der Waals surface area contributed by atoms with Crippen LogP contribution in [0.15, 0.2) is 48.5 Å². The summed E-state index contributed by atoms with van der Waals surface area (Å²) < 4.78 is 35.9. The molecule has 0 heterocycles. The number of aryl methyl sites for hydroxylation is 1. The lowest BCUT2D eigenvalue weighted by Gasteiger charge is -2.19. The van der Waals surface area contributed by atoms with Gasteiger partial charge in [0.05, 0.1) is 18.5 Å². The van der Waals surface area contributed by atoms with Crippen molar-refractivity contribution in [2.75, 3.05) is 30.8 Å². The molecule has 170 valence electrons. The molecule has 0 bridgehead atoms. The first kappa shape index (κ1) is 24.5. The molecule has 0 radical (unpaired) electrons. The Bertz CT molecular complexity index is 927. The summed E-state index contributed by atoms with van der Waals surface area (Å²) in [7, 11) is -1.85. The van der Waals surface area contributed by atoms with E-state index in [0.29, 0.717) is 31.0 Å². The Balaban J connectivity index is 1.81. The van der Waals surface area contributed by atoms with Crippen molar-refractivity contribution in [1.29, 1.82) is 0 Å². The topological polar surface area (TPSA) is 84.9 Å². The number of hydrogen-bond donors (Lipinski definition) is 1. The molecule has 1 atom stereocenters. The number of benzene rings is 2. The third-order valence-electron chi connectivity index (χ3n) is 4.77. The number of ether oxygens (including phenoxy) is 2. The van der Waals surface area contributed by atoms with Crippen molar-refractivity contribution < 1.29 is 22.7 Å². The smallest absolute Gasteiger partial charge is 0.261 e. The van der Waals surface area contributed by atoms with Crippen LogP contribution in [0.25, 0.3) is 0 Å². The largest absolute Gasteiger partial charge is 0.492 e. The van der Waals surface area contributed by atoms with Crippen LogP contribution in [0.3, 0.4) is 0 Å². The lowest BCUT2D eigenvalue weighted by Crippen LogP contribution is -2.39. The first-order valence-electron chi connectivity index (χ1n) is 10.4. The molecule has 1 amide bonds. The molecule has 7 nitrogen and oxygen atoms in total. The van der Waals surface area contributed by atoms with Gasteiger partial charge in [-0.2, -0.15) is 0 Å². The first-order chi connectivity index (χ1) is 14.7. The number of nitrogens with one attached hydrogen (secondary N) is 1. The number of rotatable bonds is 12. The van der Waals surface area contributed by atoms with E-state index < -0.39 is 16.1 Å². The lowest BCUT2D eigenvalue weighted by atomic mass is 10.1. The van der Waals surface area contributed by atoms with E-state index in [9.17, 15) is 13.2 Å². The highest BCUT2D eigenvalue weighted by Crippen LogP contribution is 2.21. The summed E-state index contributed by atoms with van der Waals surface area (Å²) in [5, 5.41) is 2.83. The van der Waals surface area contributed by atoms with Gasteiger partial charge in [0.1, 0.15) is 18.1 Å². The van der Waals surface area contributed by atoms with Gasteiger partial charge in [-0.1, -0.05) is 32.4 Å². The average Bonchev–Trinajstić information content (AvgIpc) is 2.75. The molecular formula is C23H32N2O5S. The van der Waals surface area contributed by atoms with E-state index in [1.165, 1.54) is 16.9 Å². The standard InChI is InChI=1S/C23H32N2O5S/c1-5-7-18-8-12-20(13-9-18)29-17-16-24-23(26)22(6-2)30-21-14-10-19(11-15-21)25(3)31(4,27)28/h8-15,22H,5-7,16-17H2,1-4H3,(H,24,26)/t22-/m0/s1. The molecule has 0 aliphatic rings. The number of anilines is 1. The monoisotopic (exact) mass is 448 g/mol. The second kappa shape index (κ2) is 11.6. The molecule has 0 fully saturated rings. The molecule has 0 aliphatic heterocycles. The minimum Gasteiger partial charge on any atom is -0.492 e. The van der Waals surface area contributed by atoms with Crippen LogP contribution in [-0.4, -0.2) is 46.9 Å². The Morgan fingerprint density at radius 1 is 1.03 bits per heavy atom. The van der Waals surface area contributed by atoms with Crippen LogP contribution in [0.4, 0.5) is 5.69 Å². The van der Waals surface area contributed by atoms with Gasteiger partial charge in [0.15, 0.2) is 6.10 Å². The van der Waals surface area contributed by atoms with E-state index in [0.717, 1.165) is 24.8 Å². The second-order valence-corrected chi connectivity index (χ2v) is 9.29. The van der Waals surface area contributed by atoms with Crippen LogP contribution < -0.4 is 19.1 Å². The number of nitrogens with zero attached hydrogens (tertiary/aromatic N) is 1. The van der Waals surface area contributed by atoms with Crippen molar-refractivity contribution in [3.63, 3.8) is 0 Å². The van der Waals surface area contributed by atoms with E-state index in [-0.39, 0.29) is 5.91 Å². The number of sulfonamides is 1. The van der Waals surface area contributed by atoms with Gasteiger partial charge < -0.3 is 14.8 Å². The summed E-state index contributed by atoms with van der Waals surface area (Å²) in [6.07, 6.45) is 3.14. The Hall–Kier alpha value is -2.74. The molecule has 31 heavy (non-hydrogen) atoms. The van der Waals surface area contributed by atoms with Crippen LogP contribution in [0.1, 0.15) is 32.3 Å². The van der Waals surface area contributed by atoms with Gasteiger partial charge in [-0.25, -0.2) is 8.42 Å². The van der Waals surface area contributed by atoms with Crippen molar-refractivity contribution in [2.24, 2.45) is 0 Å². The molecule has 0 aromatic heterocycles. The molecule has 1 N–H and O–H groups in total. The van der Waals surface area contributed by atoms with Crippen LogP contribution in [0, 0.1) is 0 Å². The molecular weight excluding hydrogens is 416 g/mol. The number of carbonyl (C=O) groups excluding carboxylic acids is 1. The molecule has 0 aliphatic carbocycles. The molecule has 0 spiro atoms. The van der Waals surface area contributed by atoms with Crippen molar-refractivity contribution >= 4 is 21.6 Å². The SMILES string of the molecule is CCCc1ccc(OCCNC(=O)[C@H](CC)Oc2ccc(N(C)S(C)(=O)=O)cc2)cc1. The number of hydrogen-bond acceptors (Lipinski definition) is 5. The Kier molecular flexibility index (Phi) is 9.18. The van der Waals surface area contributed by atoms with Crippen molar-refractivity contribution in [3.8, 4) is 11.5 Å². The summed E-state index contributed by atoms with van der Waals surface area (Å²) in [4.78, 5) is 12.4. The Morgan fingerprint density at radius 3 is 2.19 bits per heavy atom. The summed E-state index contributed by atoms with van der Waals surface area (Å²) in [5.41, 5.74) is 1.80. The quantitative estimate of drug-likeness (QED) is 0.503. The summed E-state index contributed by atoms with van der Waals surface area (Å²) in [5.74, 6) is 1.05. The predicted octanol–water partition coefficient (Wildman–Crippen LogP) is 3.39. The molecule has 2 rings (SSSR count). The van der Waals surface area contributed by atoms with Gasteiger partial charge in [-0.3, -0.25) is 9.10 Å². The molecule has 2 aromatic rings. The minimum absolute atomic E-state index is 0.221. The maximum absolute atomic E-state index is 12.4. The molecule has 0 saturated carbocycles. The van der Waals surface area contributed by atoms with E-state index >= 15 is 0 Å². The van der Waals surface area contributed by atoms with E-state index in [1.54, 1.807) is 24.3 Å². The highest BCUT2D eigenvalue weighted by Gasteiger charge is 2.18. The normalized spacial score (nSPS) is 12.1. The predicted molar refractivity (Wildman–Crippen MR) is 123 cm³/mol. The molecule has 2 aromatic carbocycles. The van der Waals surface area contributed by atoms with Crippen molar-refractivity contribution in [3.05, 3.63) is 54.1 Å². The maximum atomic E-state index is 12.4. The van der Waals surface area contributed by atoms with Gasteiger partial charge in [0, 0.05) is 7.05 Å². The summed E-state index contributed by atoms with van der Waals surface area (Å²) in [6, 6.07) is 14.6. The third kappa shape index (κ3) is 7.79. The Labute approximate surface area is 185 Å². The average molecular weight is 449 g/mol. The molecule has 0 saturated heterocycles. The van der Waals surface area contributed by atoms with Gasteiger partial charge in [0.2, 0.25) is 10.0 Å². The fourth-order valence-electron chi connectivity index (χ4n) is 2.91. The summed E-state index contributed by atoms with van der Waals surface area (Å²) in [6.45, 7) is 4.74. The molecule has 8 heteroatoms. The zero-order valence-corrected chi connectivity index (χ0v) is 19.4. The number of carbonyl (C=O) groups is 1. The van der Waals surface area contributed by atoms with Gasteiger partial charge >= 0.3 is 0 Å². The third-order valence-corrected chi connectivity index (χ3v) is 5.98. The van der Waals surface area contributed by atoms with Gasteiger partial charge in [0.25, 0.3) is 5.91 Å². The number of amides is 1. The fourth-order valence-corrected chi connectivity index (χ4v) is 3.42.